The van der Waals surface area contributed by atoms with Crippen molar-refractivity contribution in [1.29, 1.82) is 0 Å². The van der Waals surface area contributed by atoms with Gasteiger partial charge in [0, 0.05) is 30.3 Å². The molecule has 2 rings (SSSR count). The first-order chi connectivity index (χ1) is 10.1. The van der Waals surface area contributed by atoms with Gasteiger partial charge in [0.25, 0.3) is 0 Å². The van der Waals surface area contributed by atoms with Gasteiger partial charge in [0.2, 0.25) is 0 Å². The molecule has 2 N–H and O–H groups in total. The quantitative estimate of drug-likeness (QED) is 0.761. The molecule has 1 aromatic rings. The third-order valence-corrected chi connectivity index (χ3v) is 5.28. The zero-order valence-electron chi connectivity index (χ0n) is 13.5. The lowest BCUT2D eigenvalue weighted by atomic mass is 10.1. The van der Waals surface area contributed by atoms with Crippen LogP contribution in [0.15, 0.2) is 6.07 Å². The lowest BCUT2D eigenvalue weighted by Gasteiger charge is -2.23. The van der Waals surface area contributed by atoms with Crippen LogP contribution in [-0.2, 0) is 6.42 Å². The first-order valence-corrected chi connectivity index (χ1v) is 9.13. The van der Waals surface area contributed by atoms with Gasteiger partial charge in [-0.3, -0.25) is 0 Å². The molecule has 0 bridgehead atoms. The molecule has 1 atom stereocenters. The van der Waals surface area contributed by atoms with Crippen LogP contribution >= 0.6 is 11.8 Å². The summed E-state index contributed by atoms with van der Waals surface area (Å²) in [5.74, 6) is 4.12. The number of hydrogen-bond acceptors (Lipinski definition) is 5. The first-order valence-electron chi connectivity index (χ1n) is 8.15. The fourth-order valence-corrected chi connectivity index (χ4v) is 3.76. The van der Waals surface area contributed by atoms with Crippen LogP contribution in [0.1, 0.15) is 52.3 Å². The van der Waals surface area contributed by atoms with Gasteiger partial charge in [-0.15, -0.1) is 0 Å². The Hall–Kier alpha value is -0.970. The van der Waals surface area contributed by atoms with Crippen molar-refractivity contribution < 1.29 is 0 Å². The molecule has 118 valence electrons. The zero-order valence-corrected chi connectivity index (χ0v) is 14.4. The van der Waals surface area contributed by atoms with Crippen molar-refractivity contribution in [3.8, 4) is 0 Å². The highest BCUT2D eigenvalue weighted by atomic mass is 32.2. The number of hydrogen-bond donors (Lipinski definition) is 2. The Bertz CT molecular complexity index is 444. The van der Waals surface area contributed by atoms with E-state index in [1.807, 2.05) is 6.07 Å². The topological polar surface area (TPSA) is 49.8 Å². The van der Waals surface area contributed by atoms with E-state index in [1.165, 1.54) is 18.6 Å². The normalized spacial score (nSPS) is 21.5. The molecule has 0 aromatic carbocycles. The number of aromatic nitrogens is 2. The van der Waals surface area contributed by atoms with E-state index in [1.54, 1.807) is 0 Å². The van der Waals surface area contributed by atoms with Crippen molar-refractivity contribution in [3.05, 3.63) is 11.9 Å². The van der Waals surface area contributed by atoms with Gasteiger partial charge in [0.1, 0.15) is 17.5 Å². The molecule has 1 aliphatic rings. The summed E-state index contributed by atoms with van der Waals surface area (Å²) < 4.78 is 0.354. The molecule has 21 heavy (non-hydrogen) atoms. The van der Waals surface area contributed by atoms with Crippen molar-refractivity contribution in [2.45, 2.75) is 57.6 Å². The van der Waals surface area contributed by atoms with Crippen LogP contribution in [-0.4, -0.2) is 33.6 Å². The van der Waals surface area contributed by atoms with Crippen molar-refractivity contribution in [2.24, 2.45) is 0 Å². The second-order valence-corrected chi connectivity index (χ2v) is 7.67. The van der Waals surface area contributed by atoms with Gasteiger partial charge in [0.05, 0.1) is 0 Å². The molecule has 0 spiro atoms. The third kappa shape index (κ3) is 5.06. The average Bonchev–Trinajstić information content (AvgIpc) is 2.91. The Morgan fingerprint density at radius 2 is 1.95 bits per heavy atom. The van der Waals surface area contributed by atoms with E-state index >= 15 is 0 Å². The van der Waals surface area contributed by atoms with Gasteiger partial charge in [0.15, 0.2) is 0 Å². The molecular formula is C16H28N4S. The van der Waals surface area contributed by atoms with Crippen LogP contribution in [0.5, 0.6) is 0 Å². The van der Waals surface area contributed by atoms with E-state index in [0.717, 1.165) is 49.8 Å². The Labute approximate surface area is 132 Å². The van der Waals surface area contributed by atoms with Crippen molar-refractivity contribution in [2.75, 3.05) is 29.5 Å². The standard InChI is InChI=1S/C16H28N4S/c1-4-7-13-19-14(17-9-5-2)11-15(20-13)18-12-16(3)8-6-10-21-16/h11H,4-10,12H2,1-3H3,(H2,17,18,19,20). The summed E-state index contributed by atoms with van der Waals surface area (Å²) in [6.45, 7) is 8.61. The van der Waals surface area contributed by atoms with Gasteiger partial charge in [-0.1, -0.05) is 13.8 Å². The van der Waals surface area contributed by atoms with Crippen molar-refractivity contribution in [3.63, 3.8) is 0 Å². The zero-order chi connectivity index (χ0) is 15.1. The SMILES string of the molecule is CCCNc1cc(NCC2(C)CCCS2)nc(CCC)n1. The summed E-state index contributed by atoms with van der Waals surface area (Å²) in [5, 5.41) is 6.91. The van der Waals surface area contributed by atoms with E-state index in [0.29, 0.717) is 4.75 Å². The Morgan fingerprint density at radius 1 is 1.19 bits per heavy atom. The van der Waals surface area contributed by atoms with E-state index in [2.05, 4.69) is 53.1 Å². The number of aryl methyl sites for hydroxylation is 1. The van der Waals surface area contributed by atoms with Gasteiger partial charge in [-0.2, -0.15) is 11.8 Å². The van der Waals surface area contributed by atoms with E-state index < -0.39 is 0 Å². The predicted octanol–water partition coefficient (Wildman–Crippen LogP) is 3.95. The van der Waals surface area contributed by atoms with Gasteiger partial charge in [-0.25, -0.2) is 9.97 Å². The Kier molecular flexibility index (Phi) is 6.15. The summed E-state index contributed by atoms with van der Waals surface area (Å²) in [7, 11) is 0. The maximum atomic E-state index is 4.65. The summed E-state index contributed by atoms with van der Waals surface area (Å²) in [4.78, 5) is 9.24. The molecule has 1 unspecified atom stereocenters. The minimum atomic E-state index is 0.354. The highest BCUT2D eigenvalue weighted by molar-refractivity contribution is 8.00. The highest BCUT2D eigenvalue weighted by Gasteiger charge is 2.29. The molecule has 1 fully saturated rings. The van der Waals surface area contributed by atoms with Gasteiger partial charge < -0.3 is 10.6 Å². The van der Waals surface area contributed by atoms with E-state index in [9.17, 15) is 0 Å². The van der Waals surface area contributed by atoms with Crippen LogP contribution in [0.4, 0.5) is 11.6 Å². The largest absolute Gasteiger partial charge is 0.370 e. The van der Waals surface area contributed by atoms with Crippen molar-refractivity contribution >= 4 is 23.4 Å². The number of thioether (sulfide) groups is 1. The smallest absolute Gasteiger partial charge is 0.133 e. The molecule has 0 radical (unpaired) electrons. The van der Waals surface area contributed by atoms with Crippen molar-refractivity contribution in [1.82, 2.24) is 9.97 Å². The molecule has 0 saturated carbocycles. The maximum absolute atomic E-state index is 4.65. The summed E-state index contributed by atoms with van der Waals surface area (Å²) in [6, 6.07) is 2.04. The lowest BCUT2D eigenvalue weighted by Crippen LogP contribution is -2.27. The molecule has 0 amide bonds. The summed E-state index contributed by atoms with van der Waals surface area (Å²) >= 11 is 2.07. The third-order valence-electron chi connectivity index (χ3n) is 3.75. The molecule has 1 aliphatic heterocycles. The van der Waals surface area contributed by atoms with E-state index in [4.69, 9.17) is 0 Å². The van der Waals surface area contributed by atoms with Crippen LogP contribution in [0.25, 0.3) is 0 Å². The molecule has 2 heterocycles. The van der Waals surface area contributed by atoms with Gasteiger partial charge in [-0.05, 0) is 38.4 Å². The van der Waals surface area contributed by atoms with Gasteiger partial charge >= 0.3 is 0 Å². The number of anilines is 2. The number of rotatable bonds is 8. The molecule has 1 aromatic heterocycles. The van der Waals surface area contributed by atoms with Crippen LogP contribution < -0.4 is 10.6 Å². The number of nitrogens with one attached hydrogen (secondary N) is 2. The monoisotopic (exact) mass is 308 g/mol. The number of nitrogens with zero attached hydrogens (tertiary/aromatic N) is 2. The molecular weight excluding hydrogens is 280 g/mol. The van der Waals surface area contributed by atoms with Crippen LogP contribution in [0.2, 0.25) is 0 Å². The Morgan fingerprint density at radius 3 is 2.57 bits per heavy atom. The lowest BCUT2D eigenvalue weighted by molar-refractivity contribution is 0.633. The fourth-order valence-electron chi connectivity index (χ4n) is 2.52. The first kappa shape index (κ1) is 16.4. The Balaban J connectivity index is 2.03. The minimum absolute atomic E-state index is 0.354. The van der Waals surface area contributed by atoms with Crippen LogP contribution in [0, 0.1) is 0 Å². The predicted molar refractivity (Wildman–Crippen MR) is 93.4 cm³/mol. The molecule has 5 heteroatoms. The molecule has 1 saturated heterocycles. The molecule has 0 aliphatic carbocycles. The highest BCUT2D eigenvalue weighted by Crippen LogP contribution is 2.37. The van der Waals surface area contributed by atoms with E-state index in [-0.39, 0.29) is 0 Å². The fraction of sp³-hybridized carbons (Fsp3) is 0.750. The summed E-state index contributed by atoms with van der Waals surface area (Å²) in [5.41, 5.74) is 0. The second kappa shape index (κ2) is 7.87. The average molecular weight is 308 g/mol. The minimum Gasteiger partial charge on any atom is -0.370 e. The van der Waals surface area contributed by atoms with Crippen LogP contribution in [0.3, 0.4) is 0 Å². The summed E-state index contributed by atoms with van der Waals surface area (Å²) in [6.07, 6.45) is 5.73. The maximum Gasteiger partial charge on any atom is 0.133 e. The second-order valence-electron chi connectivity index (χ2n) is 5.99. The molecule has 4 nitrogen and oxygen atoms in total.